The van der Waals surface area contributed by atoms with Crippen LogP contribution in [0, 0.1) is 0 Å². The first-order valence-corrected chi connectivity index (χ1v) is 7.25. The molecular formula is C9H15K2N2O9P. The van der Waals surface area contributed by atoms with Crippen LogP contribution in [0.4, 0.5) is 0 Å². The molecule has 1 aliphatic heterocycles. The van der Waals surface area contributed by atoms with Crippen LogP contribution < -0.4 is 114 Å². The first-order valence-electron chi connectivity index (χ1n) is 5.72. The van der Waals surface area contributed by atoms with E-state index >= 15 is 0 Å². The van der Waals surface area contributed by atoms with Gasteiger partial charge >= 0.3 is 116 Å². The van der Waals surface area contributed by atoms with Gasteiger partial charge in [-0.25, -0.2) is 9.36 Å². The molecule has 0 unspecified atom stereocenters. The Bertz CT molecular complexity index is 684. The predicted octanol–water partition coefficient (Wildman–Crippen LogP) is -8.50. The minimum Gasteiger partial charge on any atom is -1.00 e. The monoisotopic (exact) mass is 404 g/mol. The average Bonchev–Trinajstić information content (AvgIpc) is 2.64. The van der Waals surface area contributed by atoms with Crippen LogP contribution in [0.3, 0.4) is 0 Å². The van der Waals surface area contributed by atoms with Crippen LogP contribution in [0.25, 0.3) is 0 Å². The van der Waals surface area contributed by atoms with Crippen LogP contribution in [0.2, 0.25) is 0 Å². The molecule has 23 heavy (non-hydrogen) atoms. The molecule has 0 aromatic carbocycles. The number of aromatic amines is 1. The molecule has 0 spiro atoms. The quantitative estimate of drug-likeness (QED) is 0.241. The fraction of sp³-hybridized carbons (Fsp3) is 0.556. The minimum atomic E-state index is -4.76. The summed E-state index contributed by atoms with van der Waals surface area (Å²) in [5.41, 5.74) is -1.51. The van der Waals surface area contributed by atoms with Crippen LogP contribution in [-0.4, -0.2) is 54.5 Å². The second-order valence-electron chi connectivity index (χ2n) is 4.35. The number of phosphoric acid groups is 1. The molecule has 0 bridgehead atoms. The number of nitrogens with one attached hydrogen (secondary N) is 1. The van der Waals surface area contributed by atoms with Crippen molar-refractivity contribution in [2.45, 2.75) is 24.5 Å². The van der Waals surface area contributed by atoms with Crippen molar-refractivity contribution < 1.29 is 139 Å². The van der Waals surface area contributed by atoms with Crippen molar-refractivity contribution in [2.75, 3.05) is 6.61 Å². The number of H-pyrrole nitrogens is 1. The molecule has 0 radical (unpaired) electrons. The molecule has 4 atom stereocenters. The number of aromatic nitrogens is 2. The van der Waals surface area contributed by atoms with Gasteiger partial charge < -0.3 is 27.6 Å². The number of hydrogen-bond donors (Lipinski definition) is 5. The van der Waals surface area contributed by atoms with Gasteiger partial charge in [-0.05, 0) is 0 Å². The fourth-order valence-electron chi connectivity index (χ4n) is 1.89. The van der Waals surface area contributed by atoms with Crippen molar-refractivity contribution >= 4 is 7.82 Å². The molecule has 1 aromatic heterocycles. The summed E-state index contributed by atoms with van der Waals surface area (Å²) in [5, 5.41) is 19.6. The molecule has 2 rings (SSSR count). The Labute approximate surface area is 217 Å². The summed E-state index contributed by atoms with van der Waals surface area (Å²) in [6.07, 6.45) is -4.58. The van der Waals surface area contributed by atoms with Crippen molar-refractivity contribution in [1.82, 2.24) is 9.55 Å². The summed E-state index contributed by atoms with van der Waals surface area (Å²) < 4.78 is 20.8. The molecule has 0 aliphatic carbocycles. The first kappa shape index (κ1) is 24.9. The Morgan fingerprint density at radius 1 is 1.30 bits per heavy atom. The second kappa shape index (κ2) is 10.3. The van der Waals surface area contributed by atoms with E-state index in [1.165, 1.54) is 0 Å². The van der Waals surface area contributed by atoms with Crippen molar-refractivity contribution in [1.29, 1.82) is 0 Å². The Kier molecular flexibility index (Phi) is 11.2. The maximum absolute atomic E-state index is 11.6. The molecule has 0 amide bonds. The zero-order valence-electron chi connectivity index (χ0n) is 14.4. The molecule has 1 aliphatic rings. The standard InChI is InChI=1S/C9H13N2O9P.2K.2H/c12-5-1-2-11(9(15)10-5)8-7(14)6(13)4(20-8)3-19-21(16,17)18;;;;/h1-2,4,6-8,13-14H,3H2,(H,10,12,15)(H2,16,17,18);;;;/q;2*+1;2*-1/t4-,6-,7-,8-;;;;/m0..../s1. The Morgan fingerprint density at radius 2 is 1.91 bits per heavy atom. The van der Waals surface area contributed by atoms with E-state index in [1.54, 1.807) is 0 Å². The van der Waals surface area contributed by atoms with E-state index in [9.17, 15) is 24.4 Å². The van der Waals surface area contributed by atoms with Gasteiger partial charge in [-0.3, -0.25) is 18.9 Å². The van der Waals surface area contributed by atoms with Gasteiger partial charge in [0, 0.05) is 12.3 Å². The number of phosphoric ester groups is 1. The van der Waals surface area contributed by atoms with E-state index in [0.29, 0.717) is 0 Å². The summed E-state index contributed by atoms with van der Waals surface area (Å²) in [5.74, 6) is 0. The summed E-state index contributed by atoms with van der Waals surface area (Å²) in [6, 6.07) is 1.02. The SMILES string of the molecule is O=c1ccn([C@H]2O[C@@H](COP(=O)(O)O)[C@H](O)[C@@H]2O)c(=O)[nH]1.[H-].[H-].[K+].[K+]. The molecule has 2 heterocycles. The summed E-state index contributed by atoms with van der Waals surface area (Å²) in [7, 11) is -4.76. The van der Waals surface area contributed by atoms with Crippen LogP contribution in [0.5, 0.6) is 0 Å². The third kappa shape index (κ3) is 6.88. The summed E-state index contributed by atoms with van der Waals surface area (Å²) >= 11 is 0. The zero-order chi connectivity index (χ0) is 15.8. The largest absolute Gasteiger partial charge is 1.00 e. The van der Waals surface area contributed by atoms with E-state index in [4.69, 9.17) is 14.5 Å². The number of rotatable bonds is 4. The Morgan fingerprint density at radius 3 is 2.43 bits per heavy atom. The van der Waals surface area contributed by atoms with Crippen LogP contribution in [0.1, 0.15) is 9.08 Å². The van der Waals surface area contributed by atoms with Crippen molar-refractivity contribution in [2.24, 2.45) is 0 Å². The third-order valence-electron chi connectivity index (χ3n) is 2.87. The van der Waals surface area contributed by atoms with Gasteiger partial charge in [0.25, 0.3) is 5.56 Å². The average molecular weight is 404 g/mol. The van der Waals surface area contributed by atoms with Crippen LogP contribution >= 0.6 is 7.82 Å². The molecule has 11 nitrogen and oxygen atoms in total. The molecule has 5 N–H and O–H groups in total. The van der Waals surface area contributed by atoms with Gasteiger partial charge in [0.05, 0.1) is 6.61 Å². The van der Waals surface area contributed by atoms with Crippen molar-refractivity contribution in [3.8, 4) is 0 Å². The maximum Gasteiger partial charge on any atom is 1.00 e. The van der Waals surface area contributed by atoms with E-state index < -0.39 is 50.2 Å². The van der Waals surface area contributed by atoms with Gasteiger partial charge in [-0.2, -0.15) is 0 Å². The normalized spacial score (nSPS) is 27.1. The minimum absolute atomic E-state index is 0. The summed E-state index contributed by atoms with van der Waals surface area (Å²) in [6.45, 7) is -0.683. The van der Waals surface area contributed by atoms with Gasteiger partial charge in [0.15, 0.2) is 6.23 Å². The van der Waals surface area contributed by atoms with Gasteiger partial charge in [-0.15, -0.1) is 0 Å². The van der Waals surface area contributed by atoms with Gasteiger partial charge in [-0.1, -0.05) is 0 Å². The van der Waals surface area contributed by atoms with Gasteiger partial charge in [0.1, 0.15) is 18.3 Å². The first-order chi connectivity index (χ1) is 9.69. The number of aliphatic hydroxyl groups excluding tert-OH is 2. The van der Waals surface area contributed by atoms with Crippen molar-refractivity contribution in [3.05, 3.63) is 33.1 Å². The molecule has 1 aromatic rings. The Hall–Kier alpha value is 1.94. The molecule has 1 saturated heterocycles. The smallest absolute Gasteiger partial charge is 1.00 e. The Balaban J connectivity index is -0.00000121. The second-order valence-corrected chi connectivity index (χ2v) is 5.59. The van der Waals surface area contributed by atoms with E-state index in [-0.39, 0.29) is 106 Å². The molecule has 1 fully saturated rings. The van der Waals surface area contributed by atoms with Crippen LogP contribution in [-0.2, 0) is 13.8 Å². The molecule has 0 saturated carbocycles. The van der Waals surface area contributed by atoms with E-state index in [1.807, 2.05) is 4.98 Å². The topological polar surface area (TPSA) is 171 Å². The zero-order valence-corrected chi connectivity index (χ0v) is 19.5. The molecule has 14 heteroatoms. The van der Waals surface area contributed by atoms with E-state index in [2.05, 4.69) is 4.52 Å². The molecule has 122 valence electrons. The predicted molar refractivity (Wildman–Crippen MR) is 67.5 cm³/mol. The summed E-state index contributed by atoms with van der Waals surface area (Å²) in [4.78, 5) is 41.6. The fourth-order valence-corrected chi connectivity index (χ4v) is 2.24. The maximum atomic E-state index is 11.6. The van der Waals surface area contributed by atoms with E-state index in [0.717, 1.165) is 16.8 Å². The molecular weight excluding hydrogens is 389 g/mol. The number of ether oxygens (including phenoxy) is 1. The number of nitrogens with zero attached hydrogens (tertiary/aromatic N) is 1. The van der Waals surface area contributed by atoms with Gasteiger partial charge in [0.2, 0.25) is 0 Å². The number of hydrogen-bond acceptors (Lipinski definition) is 7. The van der Waals surface area contributed by atoms with Crippen LogP contribution in [0.15, 0.2) is 21.9 Å². The third-order valence-corrected chi connectivity index (χ3v) is 3.35. The van der Waals surface area contributed by atoms with Crippen molar-refractivity contribution in [3.63, 3.8) is 0 Å². The number of aliphatic hydroxyl groups is 2.